The number of rotatable bonds is 4. The van der Waals surface area contributed by atoms with Crippen LogP contribution in [-0.4, -0.2) is 50.0 Å². The number of sulfonamides is 1. The number of hydrogen-bond acceptors (Lipinski definition) is 7. The van der Waals surface area contributed by atoms with Crippen molar-refractivity contribution in [2.45, 2.75) is 23.7 Å². The van der Waals surface area contributed by atoms with Crippen molar-refractivity contribution in [2.24, 2.45) is 0 Å². The summed E-state index contributed by atoms with van der Waals surface area (Å²) in [5.74, 6) is 0. The number of thiophene rings is 1. The number of nitrogens with zero attached hydrogens (tertiary/aromatic N) is 2. The van der Waals surface area contributed by atoms with E-state index in [0.29, 0.717) is 6.61 Å². The zero-order valence-electron chi connectivity index (χ0n) is 12.0. The van der Waals surface area contributed by atoms with E-state index in [1.54, 1.807) is 0 Å². The molecule has 2 rings (SSSR count). The molecule has 8 nitrogen and oxygen atoms in total. The molecule has 0 saturated carbocycles. The third kappa shape index (κ3) is 3.18. The molecular formula is C11H17N3O5S2. The van der Waals surface area contributed by atoms with Gasteiger partial charge in [0.25, 0.3) is 10.0 Å². The molecule has 1 aromatic heterocycles. The second-order valence-corrected chi connectivity index (χ2v) is 8.45. The molecule has 0 bridgehead atoms. The molecule has 1 aromatic rings. The summed E-state index contributed by atoms with van der Waals surface area (Å²) in [6.45, 7) is 4.38. The minimum atomic E-state index is -3.75. The van der Waals surface area contributed by atoms with E-state index in [-0.39, 0.29) is 28.0 Å². The van der Waals surface area contributed by atoms with Crippen LogP contribution in [0.3, 0.4) is 0 Å². The second-order valence-electron chi connectivity index (χ2n) is 5.23. The Kier molecular flexibility index (Phi) is 4.24. The summed E-state index contributed by atoms with van der Waals surface area (Å²) in [4.78, 5) is 10.4. The lowest BCUT2D eigenvalue weighted by atomic mass is 10.1. The van der Waals surface area contributed by atoms with Gasteiger partial charge in [-0.3, -0.25) is 10.1 Å². The smallest absolute Gasteiger partial charge is 0.304 e. The van der Waals surface area contributed by atoms with E-state index < -0.39 is 20.5 Å². The van der Waals surface area contributed by atoms with Crippen molar-refractivity contribution in [3.63, 3.8) is 0 Å². The summed E-state index contributed by atoms with van der Waals surface area (Å²) in [5.41, 5.74) is -0.797. The second kappa shape index (κ2) is 5.52. The summed E-state index contributed by atoms with van der Waals surface area (Å²) in [7, 11) is -2.23. The predicted molar refractivity (Wildman–Crippen MR) is 79.3 cm³/mol. The van der Waals surface area contributed by atoms with Crippen molar-refractivity contribution in [3.8, 4) is 0 Å². The zero-order valence-corrected chi connectivity index (χ0v) is 13.6. The molecule has 0 spiro atoms. The van der Waals surface area contributed by atoms with Gasteiger partial charge in [0.1, 0.15) is 4.21 Å². The van der Waals surface area contributed by atoms with Gasteiger partial charge in [0.2, 0.25) is 0 Å². The Labute approximate surface area is 126 Å². The maximum absolute atomic E-state index is 12.6. The Morgan fingerprint density at radius 3 is 2.67 bits per heavy atom. The Morgan fingerprint density at radius 2 is 2.19 bits per heavy atom. The molecule has 0 aliphatic carbocycles. The Morgan fingerprint density at radius 1 is 1.52 bits per heavy atom. The van der Waals surface area contributed by atoms with Gasteiger partial charge in [-0.2, -0.15) is 4.31 Å². The van der Waals surface area contributed by atoms with Crippen molar-refractivity contribution in [1.29, 1.82) is 0 Å². The Hall–Kier alpha value is -1.23. The predicted octanol–water partition coefficient (Wildman–Crippen LogP) is 1.50. The van der Waals surface area contributed by atoms with Crippen LogP contribution in [0.5, 0.6) is 0 Å². The molecule has 0 aromatic carbocycles. The van der Waals surface area contributed by atoms with Gasteiger partial charge in [-0.25, -0.2) is 8.42 Å². The van der Waals surface area contributed by atoms with Crippen LogP contribution < -0.4 is 5.32 Å². The van der Waals surface area contributed by atoms with Gasteiger partial charge < -0.3 is 10.1 Å². The van der Waals surface area contributed by atoms with Crippen LogP contribution in [0.25, 0.3) is 0 Å². The molecule has 0 amide bonds. The fraction of sp³-hybridized carbons (Fsp3) is 0.636. The standard InChI is InChI=1S/C11H17N3O5S2/c1-11(2)7-13(4-5-19-11)21(17,18)9-6-8(14(15)16)10(12-3)20-9/h6,12H,4-5,7H2,1-3H3. The zero-order chi connectivity index (χ0) is 15.8. The monoisotopic (exact) mass is 335 g/mol. The van der Waals surface area contributed by atoms with Crippen LogP contribution in [0.2, 0.25) is 0 Å². The third-order valence-corrected chi connectivity index (χ3v) is 6.53. The van der Waals surface area contributed by atoms with Gasteiger partial charge in [-0.15, -0.1) is 0 Å². The van der Waals surface area contributed by atoms with Gasteiger partial charge in [0.15, 0.2) is 5.00 Å². The highest BCUT2D eigenvalue weighted by Gasteiger charge is 2.37. The highest BCUT2D eigenvalue weighted by molar-refractivity contribution is 7.91. The maximum atomic E-state index is 12.6. The van der Waals surface area contributed by atoms with Crippen molar-refractivity contribution in [3.05, 3.63) is 16.2 Å². The van der Waals surface area contributed by atoms with E-state index in [1.807, 2.05) is 13.8 Å². The first-order valence-electron chi connectivity index (χ1n) is 6.27. The molecule has 1 fully saturated rings. The quantitative estimate of drug-likeness (QED) is 0.661. The van der Waals surface area contributed by atoms with Crippen LogP contribution in [-0.2, 0) is 14.8 Å². The van der Waals surface area contributed by atoms with E-state index >= 15 is 0 Å². The fourth-order valence-electron chi connectivity index (χ4n) is 2.11. The molecule has 1 saturated heterocycles. The van der Waals surface area contributed by atoms with Crippen molar-refractivity contribution >= 4 is 32.0 Å². The highest BCUT2D eigenvalue weighted by Crippen LogP contribution is 2.38. The molecule has 21 heavy (non-hydrogen) atoms. The number of nitrogens with one attached hydrogen (secondary N) is 1. The summed E-state index contributed by atoms with van der Waals surface area (Å²) in [5, 5.41) is 13.8. The van der Waals surface area contributed by atoms with Gasteiger partial charge in [-0.05, 0) is 13.8 Å². The van der Waals surface area contributed by atoms with Gasteiger partial charge in [0.05, 0.1) is 17.1 Å². The number of hydrogen-bond donors (Lipinski definition) is 1. The Balaban J connectivity index is 2.38. The van der Waals surface area contributed by atoms with Crippen LogP contribution in [0.4, 0.5) is 10.7 Å². The van der Waals surface area contributed by atoms with Gasteiger partial charge in [0, 0.05) is 26.2 Å². The number of ether oxygens (including phenoxy) is 1. The van der Waals surface area contributed by atoms with Gasteiger partial charge >= 0.3 is 5.69 Å². The summed E-state index contributed by atoms with van der Waals surface area (Å²) >= 11 is 0.865. The van der Waals surface area contributed by atoms with E-state index in [0.717, 1.165) is 17.4 Å². The SMILES string of the molecule is CNc1sc(S(=O)(=O)N2CCOC(C)(C)C2)cc1[N+](=O)[O-]. The lowest BCUT2D eigenvalue weighted by Gasteiger charge is -2.36. The molecule has 1 aliphatic rings. The van der Waals surface area contributed by atoms with E-state index in [1.165, 1.54) is 11.4 Å². The molecular weight excluding hydrogens is 318 g/mol. The summed E-state index contributed by atoms with van der Waals surface area (Å²) < 4.78 is 32.0. The fourth-order valence-corrected chi connectivity index (χ4v) is 5.12. The van der Waals surface area contributed by atoms with Crippen molar-refractivity contribution in [2.75, 3.05) is 32.1 Å². The third-order valence-electron chi connectivity index (χ3n) is 3.10. The average molecular weight is 335 g/mol. The number of nitro groups is 1. The van der Waals surface area contributed by atoms with Crippen LogP contribution in [0.1, 0.15) is 13.8 Å². The average Bonchev–Trinajstić information content (AvgIpc) is 2.82. The van der Waals surface area contributed by atoms with E-state index in [2.05, 4.69) is 5.32 Å². The lowest BCUT2D eigenvalue weighted by molar-refractivity contribution is -0.383. The highest BCUT2D eigenvalue weighted by atomic mass is 32.2. The van der Waals surface area contributed by atoms with Crippen molar-refractivity contribution in [1.82, 2.24) is 4.31 Å². The largest absolute Gasteiger partial charge is 0.374 e. The topological polar surface area (TPSA) is 102 Å². The molecule has 10 heteroatoms. The molecule has 0 atom stereocenters. The number of anilines is 1. The molecule has 0 radical (unpaired) electrons. The molecule has 1 N–H and O–H groups in total. The summed E-state index contributed by atoms with van der Waals surface area (Å²) in [6.07, 6.45) is 0. The lowest BCUT2D eigenvalue weighted by Crippen LogP contribution is -2.50. The normalized spacial score (nSPS) is 19.4. The summed E-state index contributed by atoms with van der Waals surface area (Å²) in [6, 6.07) is 1.11. The maximum Gasteiger partial charge on any atom is 0.304 e. The van der Waals surface area contributed by atoms with Crippen LogP contribution >= 0.6 is 11.3 Å². The van der Waals surface area contributed by atoms with E-state index in [9.17, 15) is 18.5 Å². The van der Waals surface area contributed by atoms with Crippen LogP contribution in [0.15, 0.2) is 10.3 Å². The van der Waals surface area contributed by atoms with Crippen molar-refractivity contribution < 1.29 is 18.1 Å². The molecule has 118 valence electrons. The number of morpholine rings is 1. The first kappa shape index (κ1) is 16.1. The first-order valence-corrected chi connectivity index (χ1v) is 8.53. The molecule has 2 heterocycles. The first-order chi connectivity index (χ1) is 9.67. The molecule has 1 aliphatic heterocycles. The molecule has 0 unspecified atom stereocenters. The Bertz CT molecular complexity index is 653. The minimum absolute atomic E-state index is 0.0312. The van der Waals surface area contributed by atoms with E-state index in [4.69, 9.17) is 4.74 Å². The van der Waals surface area contributed by atoms with Crippen LogP contribution in [0, 0.1) is 10.1 Å². The van der Waals surface area contributed by atoms with Gasteiger partial charge in [-0.1, -0.05) is 11.3 Å². The minimum Gasteiger partial charge on any atom is -0.374 e.